The lowest BCUT2D eigenvalue weighted by molar-refractivity contribution is -0.118. The number of carbonyl (C=O) groups excluding carboxylic acids is 2. The molecule has 0 aliphatic carbocycles. The fourth-order valence-electron chi connectivity index (χ4n) is 6.24. The zero-order valence-electron chi connectivity index (χ0n) is 21.6. The number of phenols is 2. The van der Waals surface area contributed by atoms with Crippen molar-refractivity contribution in [1.82, 2.24) is 15.3 Å². The number of nitrogens with one attached hydrogen (secondary N) is 3. The number of benzene rings is 2. The standard InChI is InChI=1S/C28H29Cl2N5O4/c1-13-7-32-27-19(36)3-17-25(23(13)27)15(5-29)11-34(17)21(38)9-31-10-22(39)35-12-16(6-30)26-18(35)4-20(37)28-24(26)14(2)8-33-28/h3-4,7-8,15-16,31-33,36-37H,5-6,9-12H2,1-2H3/t15-,16-/m1/s1. The minimum atomic E-state index is -0.216. The van der Waals surface area contributed by atoms with Gasteiger partial charge in [0, 0.05) is 72.0 Å². The van der Waals surface area contributed by atoms with Gasteiger partial charge in [-0.1, -0.05) is 0 Å². The molecule has 6 rings (SSSR count). The number of hydrogen-bond acceptors (Lipinski definition) is 5. The zero-order chi connectivity index (χ0) is 27.6. The average Bonchev–Trinajstić information content (AvgIpc) is 3.67. The van der Waals surface area contributed by atoms with Crippen LogP contribution in [0.3, 0.4) is 0 Å². The Labute approximate surface area is 234 Å². The van der Waals surface area contributed by atoms with E-state index in [0.717, 1.165) is 33.0 Å². The number of anilines is 2. The molecule has 2 atom stereocenters. The molecule has 0 unspecified atom stereocenters. The molecular weight excluding hydrogens is 541 g/mol. The van der Waals surface area contributed by atoms with Crippen LogP contribution in [0.1, 0.15) is 34.1 Å². The van der Waals surface area contributed by atoms with Crippen LogP contribution in [0.25, 0.3) is 21.8 Å². The Morgan fingerprint density at radius 3 is 1.64 bits per heavy atom. The molecule has 0 saturated carbocycles. The van der Waals surface area contributed by atoms with Gasteiger partial charge in [0.2, 0.25) is 11.8 Å². The zero-order valence-corrected chi connectivity index (χ0v) is 23.1. The monoisotopic (exact) mass is 569 g/mol. The molecule has 11 heteroatoms. The number of rotatable bonds is 6. The lowest BCUT2D eigenvalue weighted by Crippen LogP contribution is -2.43. The Hall–Kier alpha value is -3.40. The summed E-state index contributed by atoms with van der Waals surface area (Å²) in [7, 11) is 0. The van der Waals surface area contributed by atoms with Gasteiger partial charge in [-0.15, -0.1) is 23.2 Å². The summed E-state index contributed by atoms with van der Waals surface area (Å²) in [6.07, 6.45) is 3.67. The molecule has 2 amide bonds. The third kappa shape index (κ3) is 3.94. The maximum absolute atomic E-state index is 13.3. The van der Waals surface area contributed by atoms with Crippen LogP contribution in [0.15, 0.2) is 24.5 Å². The van der Waals surface area contributed by atoms with Crippen molar-refractivity contribution in [2.75, 3.05) is 47.7 Å². The van der Waals surface area contributed by atoms with E-state index in [0.29, 0.717) is 47.3 Å². The van der Waals surface area contributed by atoms with Crippen molar-refractivity contribution in [3.63, 3.8) is 0 Å². The molecule has 2 aromatic heterocycles. The van der Waals surface area contributed by atoms with Crippen molar-refractivity contribution in [2.24, 2.45) is 0 Å². The minimum Gasteiger partial charge on any atom is -0.506 e. The van der Waals surface area contributed by atoms with Gasteiger partial charge in [0.15, 0.2) is 0 Å². The first-order chi connectivity index (χ1) is 18.7. The molecular formula is C28H29Cl2N5O4. The Kier molecular flexibility index (Phi) is 6.40. The molecule has 5 N–H and O–H groups in total. The first-order valence-electron chi connectivity index (χ1n) is 12.9. The largest absolute Gasteiger partial charge is 0.506 e. The van der Waals surface area contributed by atoms with Crippen molar-refractivity contribution >= 4 is 68.2 Å². The molecule has 2 aliphatic rings. The Balaban J connectivity index is 1.19. The van der Waals surface area contributed by atoms with Crippen molar-refractivity contribution < 1.29 is 19.8 Å². The molecule has 39 heavy (non-hydrogen) atoms. The molecule has 9 nitrogen and oxygen atoms in total. The number of phenolic OH excluding ortho intramolecular Hbond substituents is 2. The topological polar surface area (TPSA) is 125 Å². The van der Waals surface area contributed by atoms with Crippen LogP contribution in [-0.4, -0.2) is 69.9 Å². The van der Waals surface area contributed by atoms with Crippen LogP contribution < -0.4 is 15.1 Å². The van der Waals surface area contributed by atoms with E-state index < -0.39 is 0 Å². The molecule has 0 spiro atoms. The summed E-state index contributed by atoms with van der Waals surface area (Å²) in [6, 6.07) is 3.21. The number of H-pyrrole nitrogens is 2. The van der Waals surface area contributed by atoms with Gasteiger partial charge < -0.3 is 30.0 Å². The van der Waals surface area contributed by atoms with Crippen LogP contribution in [0, 0.1) is 13.8 Å². The maximum Gasteiger partial charge on any atom is 0.240 e. The third-order valence-corrected chi connectivity index (χ3v) is 8.78. The second-order valence-electron chi connectivity index (χ2n) is 10.4. The Morgan fingerprint density at radius 1 is 0.846 bits per heavy atom. The lowest BCUT2D eigenvalue weighted by Gasteiger charge is -2.20. The smallest absolute Gasteiger partial charge is 0.240 e. The van der Waals surface area contributed by atoms with Gasteiger partial charge in [0.25, 0.3) is 0 Å². The summed E-state index contributed by atoms with van der Waals surface area (Å²) in [6.45, 7) is 4.58. The fraction of sp³-hybridized carbons (Fsp3) is 0.357. The predicted octanol–water partition coefficient (Wildman–Crippen LogP) is 4.31. The van der Waals surface area contributed by atoms with E-state index in [1.165, 1.54) is 0 Å². The van der Waals surface area contributed by atoms with E-state index >= 15 is 0 Å². The van der Waals surface area contributed by atoms with Gasteiger partial charge in [-0.2, -0.15) is 0 Å². The van der Waals surface area contributed by atoms with Gasteiger partial charge in [-0.3, -0.25) is 14.9 Å². The molecule has 0 fully saturated rings. The highest BCUT2D eigenvalue weighted by Gasteiger charge is 2.37. The second-order valence-corrected chi connectivity index (χ2v) is 11.0. The number of alkyl halides is 2. The highest BCUT2D eigenvalue weighted by molar-refractivity contribution is 6.19. The molecule has 0 radical (unpaired) electrons. The summed E-state index contributed by atoms with van der Waals surface area (Å²) < 4.78 is 0. The number of aromatic hydroxyl groups is 2. The number of halogens is 2. The average molecular weight is 570 g/mol. The number of carbonyl (C=O) groups is 2. The number of aromatic amines is 2. The van der Waals surface area contributed by atoms with Gasteiger partial charge >= 0.3 is 0 Å². The molecule has 4 heterocycles. The van der Waals surface area contributed by atoms with Gasteiger partial charge in [0.05, 0.1) is 35.5 Å². The van der Waals surface area contributed by atoms with Crippen molar-refractivity contribution in [2.45, 2.75) is 25.7 Å². The third-order valence-electron chi connectivity index (χ3n) is 8.04. The molecule has 0 bridgehead atoms. The van der Waals surface area contributed by atoms with Crippen LogP contribution in [0.4, 0.5) is 11.4 Å². The lowest BCUT2D eigenvalue weighted by atomic mass is 9.97. The number of nitrogens with zero attached hydrogens (tertiary/aromatic N) is 2. The SMILES string of the molecule is Cc1c[nH]c2c(O)cc3c(c12)[C@H](CCl)CN3C(=O)CNCC(=O)N1C[C@@H](CCl)c2c1cc(O)c1[nH]cc(C)c21. The van der Waals surface area contributed by atoms with E-state index in [9.17, 15) is 19.8 Å². The van der Waals surface area contributed by atoms with Crippen LogP contribution >= 0.6 is 23.2 Å². The number of aromatic nitrogens is 2. The summed E-state index contributed by atoms with van der Waals surface area (Å²) in [4.78, 5) is 36.0. The van der Waals surface area contributed by atoms with Crippen molar-refractivity contribution in [1.29, 1.82) is 0 Å². The number of hydrogen-bond donors (Lipinski definition) is 5. The van der Waals surface area contributed by atoms with E-state index in [1.807, 2.05) is 26.2 Å². The number of aryl methyl sites for hydroxylation is 2. The van der Waals surface area contributed by atoms with Gasteiger partial charge in [-0.05, 0) is 36.1 Å². The number of amides is 2. The van der Waals surface area contributed by atoms with E-state index in [4.69, 9.17) is 23.2 Å². The molecule has 0 saturated heterocycles. The molecule has 2 aliphatic heterocycles. The molecule has 4 aromatic rings. The van der Waals surface area contributed by atoms with Crippen LogP contribution in [-0.2, 0) is 9.59 Å². The first kappa shape index (κ1) is 25.9. The molecule has 2 aromatic carbocycles. The minimum absolute atomic E-state index is 0.0636. The quantitative estimate of drug-likeness (QED) is 0.221. The highest BCUT2D eigenvalue weighted by atomic mass is 35.5. The summed E-state index contributed by atoms with van der Waals surface area (Å²) in [5.41, 5.74) is 6.42. The second kappa shape index (κ2) is 9.66. The van der Waals surface area contributed by atoms with E-state index in [1.54, 1.807) is 21.9 Å². The summed E-state index contributed by atoms with van der Waals surface area (Å²) >= 11 is 12.6. The van der Waals surface area contributed by atoms with Gasteiger partial charge in [-0.25, -0.2) is 0 Å². The highest BCUT2D eigenvalue weighted by Crippen LogP contribution is 2.47. The van der Waals surface area contributed by atoms with Crippen molar-refractivity contribution in [3.8, 4) is 11.5 Å². The van der Waals surface area contributed by atoms with Gasteiger partial charge in [0.1, 0.15) is 11.5 Å². The van der Waals surface area contributed by atoms with Crippen LogP contribution in [0.5, 0.6) is 11.5 Å². The Morgan fingerprint density at radius 2 is 1.26 bits per heavy atom. The summed E-state index contributed by atoms with van der Waals surface area (Å²) in [5.74, 6) is 0.250. The predicted molar refractivity (Wildman–Crippen MR) is 154 cm³/mol. The fourth-order valence-corrected chi connectivity index (χ4v) is 6.75. The first-order valence-corrected chi connectivity index (χ1v) is 13.9. The summed E-state index contributed by atoms with van der Waals surface area (Å²) in [5, 5.41) is 26.0. The molecule has 204 valence electrons. The normalized spacial score (nSPS) is 18.4. The van der Waals surface area contributed by atoms with E-state index in [2.05, 4.69) is 15.3 Å². The van der Waals surface area contributed by atoms with E-state index in [-0.39, 0.29) is 48.2 Å². The number of fused-ring (bicyclic) bond motifs is 6. The Bertz CT molecular complexity index is 1520. The van der Waals surface area contributed by atoms with Crippen molar-refractivity contribution in [3.05, 3.63) is 46.8 Å². The maximum atomic E-state index is 13.3. The van der Waals surface area contributed by atoms with Crippen LogP contribution in [0.2, 0.25) is 0 Å².